The van der Waals surface area contributed by atoms with Crippen LogP contribution in [0.1, 0.15) is 83.0 Å². The smallest absolute Gasteiger partial charge is 0.338 e. The van der Waals surface area contributed by atoms with Gasteiger partial charge in [-0.25, -0.2) is 4.79 Å². The van der Waals surface area contributed by atoms with Crippen molar-refractivity contribution in [3.8, 4) is 0 Å². The van der Waals surface area contributed by atoms with E-state index in [2.05, 4.69) is 40.3 Å². The van der Waals surface area contributed by atoms with Crippen LogP contribution in [0.3, 0.4) is 0 Å². The second kappa shape index (κ2) is 8.90. The van der Waals surface area contributed by atoms with E-state index in [0.717, 1.165) is 18.8 Å². The van der Waals surface area contributed by atoms with Crippen LogP contribution in [0.25, 0.3) is 0 Å². The fourth-order valence-corrected chi connectivity index (χ4v) is 6.20. The van der Waals surface area contributed by atoms with Crippen LogP contribution >= 0.6 is 0 Å². The normalized spacial score (nSPS) is 29.2. The summed E-state index contributed by atoms with van der Waals surface area (Å²) >= 11 is 0. The van der Waals surface area contributed by atoms with Gasteiger partial charge in [-0.3, -0.25) is 0 Å². The Morgan fingerprint density at radius 2 is 1.93 bits per heavy atom. The second-order valence-corrected chi connectivity index (χ2v) is 10.2. The highest BCUT2D eigenvalue weighted by Gasteiger charge is 2.52. The number of hydrogen-bond acceptors (Lipinski definition) is 2. The third kappa shape index (κ3) is 4.85. The molecule has 29 heavy (non-hydrogen) atoms. The molecule has 2 aliphatic carbocycles. The summed E-state index contributed by atoms with van der Waals surface area (Å²) in [5.41, 5.74) is 4.21. The molecule has 1 aromatic rings. The van der Waals surface area contributed by atoms with Crippen LogP contribution in [0.4, 0.5) is 0 Å². The van der Waals surface area contributed by atoms with Crippen molar-refractivity contribution in [1.29, 1.82) is 0 Å². The molecule has 2 nitrogen and oxygen atoms in total. The Labute approximate surface area is 177 Å². The van der Waals surface area contributed by atoms with Crippen LogP contribution in [-0.2, 0) is 4.74 Å². The molecular formula is C27H38O2. The van der Waals surface area contributed by atoms with Gasteiger partial charge in [-0.1, -0.05) is 63.1 Å². The molecule has 0 amide bonds. The summed E-state index contributed by atoms with van der Waals surface area (Å²) < 4.78 is 5.41. The number of hydrogen-bond donors (Lipinski definition) is 0. The van der Waals surface area contributed by atoms with Gasteiger partial charge in [0.05, 0.1) is 5.56 Å². The molecule has 3 atom stereocenters. The minimum absolute atomic E-state index is 0.255. The van der Waals surface area contributed by atoms with E-state index in [1.807, 2.05) is 18.2 Å². The molecule has 1 aromatic carbocycles. The molecule has 0 unspecified atom stereocenters. The molecule has 2 aliphatic rings. The van der Waals surface area contributed by atoms with Crippen molar-refractivity contribution in [3.63, 3.8) is 0 Å². The molecule has 0 bridgehead atoms. The molecular weight excluding hydrogens is 356 g/mol. The van der Waals surface area contributed by atoms with Gasteiger partial charge in [-0.05, 0) is 86.3 Å². The lowest BCUT2D eigenvalue weighted by atomic mass is 9.47. The molecule has 2 fully saturated rings. The number of carbonyl (C=O) groups excluding carboxylic acids is 1. The summed E-state index contributed by atoms with van der Waals surface area (Å²) in [7, 11) is 0. The van der Waals surface area contributed by atoms with Crippen molar-refractivity contribution >= 4 is 5.97 Å². The van der Waals surface area contributed by atoms with Gasteiger partial charge in [0.1, 0.15) is 6.61 Å². The predicted molar refractivity (Wildman–Crippen MR) is 121 cm³/mol. The molecule has 158 valence electrons. The van der Waals surface area contributed by atoms with Crippen molar-refractivity contribution in [2.24, 2.45) is 22.7 Å². The van der Waals surface area contributed by atoms with Gasteiger partial charge in [0, 0.05) is 0 Å². The lowest BCUT2D eigenvalue weighted by Gasteiger charge is -2.58. The van der Waals surface area contributed by atoms with Crippen LogP contribution in [0.15, 0.2) is 54.1 Å². The van der Waals surface area contributed by atoms with E-state index in [1.54, 1.807) is 12.1 Å². The fourth-order valence-electron chi connectivity index (χ4n) is 6.20. The topological polar surface area (TPSA) is 26.3 Å². The number of ether oxygens (including phenoxy) is 1. The molecule has 0 aromatic heterocycles. The summed E-state index contributed by atoms with van der Waals surface area (Å²) in [6, 6.07) is 9.19. The average molecular weight is 395 g/mol. The Kier molecular flexibility index (Phi) is 6.71. The molecule has 0 saturated heterocycles. The highest BCUT2D eigenvalue weighted by molar-refractivity contribution is 5.89. The molecule has 0 heterocycles. The number of benzene rings is 1. The first-order valence-corrected chi connectivity index (χ1v) is 11.3. The summed E-state index contributed by atoms with van der Waals surface area (Å²) in [6.45, 7) is 14.5. The monoisotopic (exact) mass is 394 g/mol. The third-order valence-corrected chi connectivity index (χ3v) is 7.80. The first-order valence-electron chi connectivity index (χ1n) is 11.3. The maximum atomic E-state index is 12.1. The molecule has 3 rings (SSSR count). The van der Waals surface area contributed by atoms with Gasteiger partial charge >= 0.3 is 5.97 Å². The zero-order valence-electron chi connectivity index (χ0n) is 18.8. The summed E-state index contributed by atoms with van der Waals surface area (Å²) in [5.74, 6) is 1.15. The fraction of sp³-hybridized carbons (Fsp3) is 0.593. The number of fused-ring (bicyclic) bond motifs is 1. The minimum atomic E-state index is -0.255. The Bertz CT molecular complexity index is 758. The van der Waals surface area contributed by atoms with Gasteiger partial charge in [-0.15, -0.1) is 0 Å². The average Bonchev–Trinajstić information content (AvgIpc) is 2.67. The third-order valence-electron chi connectivity index (χ3n) is 7.80. The molecule has 0 aliphatic heterocycles. The van der Waals surface area contributed by atoms with E-state index in [4.69, 9.17) is 4.74 Å². The Hall–Kier alpha value is -1.83. The number of esters is 1. The van der Waals surface area contributed by atoms with E-state index in [0.29, 0.717) is 28.9 Å². The first kappa shape index (κ1) is 21.9. The van der Waals surface area contributed by atoms with E-state index in [-0.39, 0.29) is 5.97 Å². The largest absolute Gasteiger partial charge is 0.458 e. The van der Waals surface area contributed by atoms with Crippen molar-refractivity contribution < 1.29 is 9.53 Å². The van der Waals surface area contributed by atoms with Gasteiger partial charge in [0.15, 0.2) is 0 Å². The van der Waals surface area contributed by atoms with Crippen LogP contribution < -0.4 is 0 Å². The molecule has 2 saturated carbocycles. The standard InChI is InChI=1S/C27H38O2/c1-20(16-19-29-25(28)22-10-7-6-8-11-22)12-14-23-21(2)13-15-24-26(3,4)17-9-18-27(23,24)5/h6-8,10-11,16,23-24H,2,9,12-15,17-19H2,1,3-5H3/b20-16+/t23-,24+,27-/m1/s1. The van der Waals surface area contributed by atoms with E-state index >= 15 is 0 Å². The molecule has 0 radical (unpaired) electrons. The maximum absolute atomic E-state index is 12.1. The first-order chi connectivity index (χ1) is 13.7. The number of carbonyl (C=O) groups is 1. The second-order valence-electron chi connectivity index (χ2n) is 10.2. The summed E-state index contributed by atoms with van der Waals surface area (Å²) in [5, 5.41) is 0. The van der Waals surface area contributed by atoms with Crippen molar-refractivity contribution in [3.05, 3.63) is 59.7 Å². The maximum Gasteiger partial charge on any atom is 0.338 e. The molecule has 0 spiro atoms. The Morgan fingerprint density at radius 1 is 1.21 bits per heavy atom. The van der Waals surface area contributed by atoms with Gasteiger partial charge in [-0.2, -0.15) is 0 Å². The van der Waals surface area contributed by atoms with Crippen molar-refractivity contribution in [2.45, 2.75) is 72.6 Å². The number of allylic oxidation sites excluding steroid dienone is 2. The highest BCUT2D eigenvalue weighted by atomic mass is 16.5. The minimum Gasteiger partial charge on any atom is -0.458 e. The van der Waals surface area contributed by atoms with Gasteiger partial charge in [0.25, 0.3) is 0 Å². The zero-order valence-corrected chi connectivity index (χ0v) is 18.8. The quantitative estimate of drug-likeness (QED) is 0.372. The lowest BCUT2D eigenvalue weighted by Crippen LogP contribution is -2.49. The van der Waals surface area contributed by atoms with Crippen LogP contribution in [0.2, 0.25) is 0 Å². The predicted octanol–water partition coefficient (Wildman–Crippen LogP) is 7.37. The molecule has 2 heteroatoms. The zero-order chi connectivity index (χ0) is 21.1. The summed E-state index contributed by atoms with van der Waals surface area (Å²) in [6.07, 6.45) is 10.8. The van der Waals surface area contributed by atoms with Gasteiger partial charge in [0.2, 0.25) is 0 Å². The van der Waals surface area contributed by atoms with Gasteiger partial charge < -0.3 is 4.74 Å². The van der Waals surface area contributed by atoms with E-state index in [9.17, 15) is 4.79 Å². The van der Waals surface area contributed by atoms with Crippen LogP contribution in [-0.4, -0.2) is 12.6 Å². The van der Waals surface area contributed by atoms with Crippen LogP contribution in [0.5, 0.6) is 0 Å². The van der Waals surface area contributed by atoms with Crippen molar-refractivity contribution in [2.75, 3.05) is 6.61 Å². The van der Waals surface area contributed by atoms with E-state index in [1.165, 1.54) is 43.3 Å². The Balaban J connectivity index is 1.57. The number of rotatable bonds is 6. The SMILES string of the molecule is C=C1CC[C@H]2C(C)(C)CCC[C@]2(C)[C@@H]1CC/C(C)=C/COC(=O)c1ccccc1. The Morgan fingerprint density at radius 3 is 2.66 bits per heavy atom. The van der Waals surface area contributed by atoms with Crippen molar-refractivity contribution in [1.82, 2.24) is 0 Å². The highest BCUT2D eigenvalue weighted by Crippen LogP contribution is 2.61. The lowest BCUT2D eigenvalue weighted by molar-refractivity contribution is -0.0539. The van der Waals surface area contributed by atoms with Crippen LogP contribution in [0, 0.1) is 22.7 Å². The molecule has 0 N–H and O–H groups in total. The summed E-state index contributed by atoms with van der Waals surface area (Å²) in [4.78, 5) is 12.1. The van der Waals surface area contributed by atoms with E-state index < -0.39 is 0 Å².